The zero-order valence-electron chi connectivity index (χ0n) is 5.00. The van der Waals surface area contributed by atoms with Gasteiger partial charge in [-0.2, -0.15) is 0 Å². The molecule has 0 saturated heterocycles. The Labute approximate surface area is 78.4 Å². The SMILES string of the molecule is O=[N+]([O-])O.[H-].[H-].[Mg+2].[Y]. The second-order valence-corrected chi connectivity index (χ2v) is 0.238. The van der Waals surface area contributed by atoms with E-state index in [1.54, 1.807) is 0 Å². The summed E-state index contributed by atoms with van der Waals surface area (Å²) in [4.78, 5) is 8.36. The molecule has 6 heavy (non-hydrogen) atoms. The normalized spacial score (nSPS) is 4.00. The number of hydrogen-bond donors (Lipinski definition) is 1. The third-order valence-electron chi connectivity index (χ3n) is 0. The van der Waals surface area contributed by atoms with Crippen LogP contribution in [0.3, 0.4) is 0 Å². The van der Waals surface area contributed by atoms with Crippen LogP contribution in [0.1, 0.15) is 2.85 Å². The fraction of sp³-hybridized carbons (Fsp3) is 0. The van der Waals surface area contributed by atoms with Crippen LogP contribution >= 0.6 is 0 Å². The summed E-state index contributed by atoms with van der Waals surface area (Å²) in [5.74, 6) is 0. The van der Waals surface area contributed by atoms with Crippen molar-refractivity contribution in [3.63, 3.8) is 0 Å². The second kappa shape index (κ2) is 9.42. The summed E-state index contributed by atoms with van der Waals surface area (Å²) >= 11 is 0. The molecule has 31 valence electrons. The van der Waals surface area contributed by atoms with Crippen LogP contribution in [0.5, 0.6) is 0 Å². The first-order valence-electron chi connectivity index (χ1n) is 0.565. The van der Waals surface area contributed by atoms with Gasteiger partial charge in [-0.05, 0) is 0 Å². The summed E-state index contributed by atoms with van der Waals surface area (Å²) in [6, 6.07) is 0. The van der Waals surface area contributed by atoms with Gasteiger partial charge in [0.2, 0.25) is 0 Å². The molecule has 0 rings (SSSR count). The van der Waals surface area contributed by atoms with Gasteiger partial charge in [-0.3, -0.25) is 0 Å². The molecule has 1 radical (unpaired) electrons. The van der Waals surface area contributed by atoms with Gasteiger partial charge in [-0.25, -0.2) is 0 Å². The third-order valence-corrected chi connectivity index (χ3v) is 0. The molecule has 0 atom stereocenters. The van der Waals surface area contributed by atoms with E-state index in [9.17, 15) is 0 Å². The van der Waals surface area contributed by atoms with Gasteiger partial charge in [-0.15, -0.1) is 10.1 Å². The summed E-state index contributed by atoms with van der Waals surface area (Å²) in [7, 11) is 0. The molecule has 0 bridgehead atoms. The van der Waals surface area contributed by atoms with Gasteiger partial charge in [0.15, 0.2) is 0 Å². The van der Waals surface area contributed by atoms with Crippen molar-refractivity contribution in [2.45, 2.75) is 0 Å². The van der Waals surface area contributed by atoms with Crippen LogP contribution in [0, 0.1) is 10.1 Å². The minimum absolute atomic E-state index is 0. The maximum atomic E-state index is 8.36. The van der Waals surface area contributed by atoms with Crippen molar-refractivity contribution < 1.29 is 45.9 Å². The standard InChI is InChI=1S/Mg.HNO3.Y.2H/c;2-1(3)4;;;/h;(H,2,3,4);;;/q+2;;;2*-1. The summed E-state index contributed by atoms with van der Waals surface area (Å²) < 4.78 is 0. The van der Waals surface area contributed by atoms with Crippen molar-refractivity contribution in [1.29, 1.82) is 0 Å². The molecule has 0 aliphatic heterocycles. The second-order valence-electron chi connectivity index (χ2n) is 0.238. The van der Waals surface area contributed by atoms with Crippen molar-refractivity contribution in [3.05, 3.63) is 10.1 Å². The van der Waals surface area contributed by atoms with E-state index >= 15 is 0 Å². The molecular formula is H3MgNO3Y. The van der Waals surface area contributed by atoms with E-state index in [1.165, 1.54) is 0 Å². The Hall–Kier alpha value is 1.07. The first-order chi connectivity index (χ1) is 1.73. The quantitative estimate of drug-likeness (QED) is 0.309. The van der Waals surface area contributed by atoms with Gasteiger partial charge in [0.25, 0.3) is 5.09 Å². The number of rotatable bonds is 0. The summed E-state index contributed by atoms with van der Waals surface area (Å²) in [5, 5.41) is 13.6. The van der Waals surface area contributed by atoms with Crippen LogP contribution < -0.4 is 0 Å². The maximum absolute atomic E-state index is 8.36. The van der Waals surface area contributed by atoms with Crippen molar-refractivity contribution in [1.82, 2.24) is 0 Å². The van der Waals surface area contributed by atoms with Crippen molar-refractivity contribution in [3.8, 4) is 0 Å². The number of hydrogen-bond acceptors (Lipinski definition) is 2. The zero-order chi connectivity index (χ0) is 3.58. The van der Waals surface area contributed by atoms with Gasteiger partial charge in [0.1, 0.15) is 0 Å². The topological polar surface area (TPSA) is 63.4 Å². The molecule has 0 saturated carbocycles. The van der Waals surface area contributed by atoms with Crippen LogP contribution in [-0.4, -0.2) is 33.3 Å². The van der Waals surface area contributed by atoms with Crippen molar-refractivity contribution >= 4 is 23.1 Å². The van der Waals surface area contributed by atoms with Crippen LogP contribution in [-0.2, 0) is 32.7 Å². The summed E-state index contributed by atoms with van der Waals surface area (Å²) in [6.07, 6.45) is 0. The largest absolute Gasteiger partial charge is 2.00 e. The Kier molecular flexibility index (Phi) is 24.7. The van der Waals surface area contributed by atoms with Crippen LogP contribution in [0.4, 0.5) is 0 Å². The monoisotopic (exact) mass is 178 g/mol. The molecule has 0 fully saturated rings. The molecule has 6 heteroatoms. The first kappa shape index (κ1) is 15.7. The molecule has 0 aromatic carbocycles. The van der Waals surface area contributed by atoms with Gasteiger partial charge in [-0.1, -0.05) is 0 Å². The van der Waals surface area contributed by atoms with E-state index in [0.29, 0.717) is 0 Å². The fourth-order valence-corrected chi connectivity index (χ4v) is 0. The summed E-state index contributed by atoms with van der Waals surface area (Å²) in [6.45, 7) is 0. The Bertz CT molecular complexity index is 40.3. The average Bonchev–Trinajstić information content (AvgIpc) is 0.811. The molecule has 0 amide bonds. The van der Waals surface area contributed by atoms with E-state index in [0.717, 1.165) is 0 Å². The minimum Gasteiger partial charge on any atom is -1.00 e. The molecule has 0 aromatic heterocycles. The molecule has 4 nitrogen and oxygen atoms in total. The number of nitrogens with zero attached hydrogens (tertiary/aromatic N) is 1. The molecule has 0 spiro atoms. The Balaban J connectivity index is -0.00000000750. The Morgan fingerprint density at radius 3 is 1.83 bits per heavy atom. The van der Waals surface area contributed by atoms with E-state index < -0.39 is 5.09 Å². The van der Waals surface area contributed by atoms with Crippen LogP contribution in [0.25, 0.3) is 0 Å². The Morgan fingerprint density at radius 2 is 1.83 bits per heavy atom. The Morgan fingerprint density at radius 1 is 1.83 bits per heavy atom. The predicted octanol–water partition coefficient (Wildman–Crippen LogP) is -0.506. The average molecular weight is 178 g/mol. The minimum atomic E-state index is -1.50. The van der Waals surface area contributed by atoms with Crippen LogP contribution in [0.2, 0.25) is 0 Å². The smallest absolute Gasteiger partial charge is 1.00 e. The van der Waals surface area contributed by atoms with Gasteiger partial charge < -0.3 is 8.06 Å². The first-order valence-corrected chi connectivity index (χ1v) is 0.565. The molecule has 0 heterocycles. The molecule has 0 aromatic rings. The molecular weight excluding hydrogens is 175 g/mol. The molecule has 0 unspecified atom stereocenters. The maximum Gasteiger partial charge on any atom is 2.00 e. The van der Waals surface area contributed by atoms with Gasteiger partial charge in [0.05, 0.1) is 0 Å². The van der Waals surface area contributed by atoms with Crippen molar-refractivity contribution in [2.75, 3.05) is 0 Å². The third kappa shape index (κ3) is 73.3. The van der Waals surface area contributed by atoms with E-state index in [1.807, 2.05) is 0 Å². The molecule has 0 aliphatic carbocycles. The zero-order valence-corrected chi connectivity index (χ0v) is 7.25. The van der Waals surface area contributed by atoms with E-state index in [-0.39, 0.29) is 58.6 Å². The van der Waals surface area contributed by atoms with Gasteiger partial charge in [0, 0.05) is 32.7 Å². The van der Waals surface area contributed by atoms with E-state index in [4.69, 9.17) is 15.3 Å². The van der Waals surface area contributed by atoms with Gasteiger partial charge >= 0.3 is 23.1 Å². The van der Waals surface area contributed by atoms with Crippen LogP contribution in [0.15, 0.2) is 0 Å². The van der Waals surface area contributed by atoms with E-state index in [2.05, 4.69) is 0 Å². The molecule has 0 aliphatic rings. The summed E-state index contributed by atoms with van der Waals surface area (Å²) in [5.41, 5.74) is 0. The predicted molar refractivity (Wildman–Crippen MR) is 16.8 cm³/mol. The van der Waals surface area contributed by atoms with Crippen molar-refractivity contribution in [2.24, 2.45) is 0 Å². The fourth-order valence-electron chi connectivity index (χ4n) is 0. The molecule has 1 N–H and O–H groups in total.